The molecule has 7 nitrogen and oxygen atoms in total. The molecule has 2 amide bonds. The second-order valence-corrected chi connectivity index (χ2v) is 6.93. The monoisotopic (exact) mass is 378 g/mol. The maximum atomic E-state index is 12.5. The number of aliphatic carboxylic acids is 1. The van der Waals surface area contributed by atoms with Crippen LogP contribution in [0, 0.1) is 5.92 Å². The van der Waals surface area contributed by atoms with Gasteiger partial charge in [-0.1, -0.05) is 63.9 Å². The smallest absolute Gasteiger partial charge is 0.408 e. The van der Waals surface area contributed by atoms with Crippen molar-refractivity contribution in [3.8, 4) is 0 Å². The predicted molar refractivity (Wildman–Crippen MR) is 102 cm³/mol. The molecule has 0 saturated heterocycles. The Morgan fingerprint density at radius 1 is 1.07 bits per heavy atom. The van der Waals surface area contributed by atoms with E-state index >= 15 is 0 Å². The van der Waals surface area contributed by atoms with Crippen molar-refractivity contribution in [1.29, 1.82) is 0 Å². The molecule has 0 fully saturated rings. The van der Waals surface area contributed by atoms with Gasteiger partial charge in [0.1, 0.15) is 18.7 Å². The minimum absolute atomic E-state index is 0.0971. The number of ether oxygens (including phenoxy) is 1. The van der Waals surface area contributed by atoms with E-state index in [1.165, 1.54) is 0 Å². The average molecular weight is 378 g/mol. The van der Waals surface area contributed by atoms with Crippen molar-refractivity contribution in [1.82, 2.24) is 10.6 Å². The van der Waals surface area contributed by atoms with E-state index in [2.05, 4.69) is 10.6 Å². The number of carbonyl (C=O) groups is 3. The molecule has 0 radical (unpaired) electrons. The number of rotatable bonds is 11. The fourth-order valence-corrected chi connectivity index (χ4v) is 2.55. The molecule has 0 unspecified atom stereocenters. The zero-order chi connectivity index (χ0) is 20.2. The van der Waals surface area contributed by atoms with E-state index in [9.17, 15) is 19.5 Å². The largest absolute Gasteiger partial charge is 0.480 e. The summed E-state index contributed by atoms with van der Waals surface area (Å²) >= 11 is 0. The van der Waals surface area contributed by atoms with Crippen LogP contribution in [0.3, 0.4) is 0 Å². The summed E-state index contributed by atoms with van der Waals surface area (Å²) in [7, 11) is 0. The standard InChI is InChI=1S/C20H30N2O5/c1-4-5-11-16(18(23)21-17(19(24)25)12-14(2)3)22-20(26)27-13-15-9-7-6-8-10-15/h6-10,14,16-17H,4-5,11-13H2,1-3H3,(H,21,23)(H,22,26)(H,24,25)/t16-,17+/m0/s1. The molecular weight excluding hydrogens is 348 g/mol. The number of nitrogens with one attached hydrogen (secondary N) is 2. The van der Waals surface area contributed by atoms with Gasteiger partial charge in [0, 0.05) is 0 Å². The Morgan fingerprint density at radius 3 is 2.30 bits per heavy atom. The summed E-state index contributed by atoms with van der Waals surface area (Å²) in [5.41, 5.74) is 0.838. The van der Waals surface area contributed by atoms with Gasteiger partial charge in [-0.05, 0) is 24.3 Å². The molecule has 0 aromatic heterocycles. The van der Waals surface area contributed by atoms with Crippen molar-refractivity contribution in [2.45, 2.75) is 65.1 Å². The number of unbranched alkanes of at least 4 members (excludes halogenated alkanes) is 1. The molecule has 0 heterocycles. The Bertz CT molecular complexity index is 604. The number of carbonyl (C=O) groups excluding carboxylic acids is 2. The first-order chi connectivity index (χ1) is 12.8. The molecule has 0 spiro atoms. The van der Waals surface area contributed by atoms with Crippen molar-refractivity contribution in [2.75, 3.05) is 0 Å². The normalized spacial score (nSPS) is 12.9. The number of carboxylic acid groups (broad SMARTS) is 1. The van der Waals surface area contributed by atoms with Gasteiger partial charge in [-0.25, -0.2) is 9.59 Å². The van der Waals surface area contributed by atoms with E-state index in [1.54, 1.807) is 0 Å². The topological polar surface area (TPSA) is 105 Å². The van der Waals surface area contributed by atoms with Crippen LogP contribution in [0.5, 0.6) is 0 Å². The molecule has 0 aliphatic rings. The average Bonchev–Trinajstić information content (AvgIpc) is 2.63. The van der Waals surface area contributed by atoms with Crippen molar-refractivity contribution in [3.05, 3.63) is 35.9 Å². The van der Waals surface area contributed by atoms with Gasteiger partial charge in [0.15, 0.2) is 0 Å². The molecule has 0 bridgehead atoms. The maximum absolute atomic E-state index is 12.5. The molecule has 1 aromatic carbocycles. The highest BCUT2D eigenvalue weighted by Gasteiger charge is 2.27. The Morgan fingerprint density at radius 2 is 1.74 bits per heavy atom. The Balaban J connectivity index is 2.65. The first-order valence-corrected chi connectivity index (χ1v) is 9.33. The summed E-state index contributed by atoms with van der Waals surface area (Å²) < 4.78 is 5.16. The SMILES string of the molecule is CCCC[C@H](NC(=O)OCc1ccccc1)C(=O)N[C@H](CC(C)C)C(=O)O. The van der Waals surface area contributed by atoms with Gasteiger partial charge in [-0.3, -0.25) is 4.79 Å². The highest BCUT2D eigenvalue weighted by atomic mass is 16.5. The Hall–Kier alpha value is -2.57. The van der Waals surface area contributed by atoms with E-state index in [4.69, 9.17) is 4.74 Å². The molecule has 7 heteroatoms. The highest BCUT2D eigenvalue weighted by Crippen LogP contribution is 2.08. The summed E-state index contributed by atoms with van der Waals surface area (Å²) in [6.45, 7) is 5.84. The number of hydrogen-bond donors (Lipinski definition) is 3. The molecule has 2 atom stereocenters. The summed E-state index contributed by atoms with van der Waals surface area (Å²) in [6, 6.07) is 7.40. The second kappa shape index (κ2) is 11.9. The first kappa shape index (κ1) is 22.5. The summed E-state index contributed by atoms with van der Waals surface area (Å²) in [5, 5.41) is 14.4. The molecule has 0 saturated carbocycles. The quantitative estimate of drug-likeness (QED) is 0.549. The van der Waals surface area contributed by atoms with Gasteiger partial charge in [0.25, 0.3) is 0 Å². The van der Waals surface area contributed by atoms with Gasteiger partial charge in [-0.2, -0.15) is 0 Å². The van der Waals surface area contributed by atoms with Gasteiger partial charge in [-0.15, -0.1) is 0 Å². The maximum Gasteiger partial charge on any atom is 0.408 e. The van der Waals surface area contributed by atoms with Crippen molar-refractivity contribution in [2.24, 2.45) is 5.92 Å². The lowest BCUT2D eigenvalue weighted by Crippen LogP contribution is -2.52. The number of carboxylic acids is 1. The van der Waals surface area contributed by atoms with Crippen molar-refractivity contribution >= 4 is 18.0 Å². The third-order valence-corrected chi connectivity index (χ3v) is 3.99. The molecule has 0 aliphatic carbocycles. The zero-order valence-corrected chi connectivity index (χ0v) is 16.2. The van der Waals surface area contributed by atoms with Crippen LogP contribution in [0.4, 0.5) is 4.79 Å². The number of amides is 2. The van der Waals surface area contributed by atoms with Crippen molar-refractivity contribution < 1.29 is 24.2 Å². The molecule has 27 heavy (non-hydrogen) atoms. The molecule has 1 rings (SSSR count). The molecular formula is C20H30N2O5. The van der Waals surface area contributed by atoms with Crippen LogP contribution in [0.2, 0.25) is 0 Å². The third-order valence-electron chi connectivity index (χ3n) is 3.99. The molecule has 0 aliphatic heterocycles. The Labute approximate surface area is 160 Å². The summed E-state index contributed by atoms with van der Waals surface area (Å²) in [6.07, 6.45) is 1.60. The molecule has 3 N–H and O–H groups in total. The minimum atomic E-state index is -1.09. The predicted octanol–water partition coefficient (Wildman–Crippen LogP) is 3.09. The lowest BCUT2D eigenvalue weighted by Gasteiger charge is -2.22. The second-order valence-electron chi connectivity index (χ2n) is 6.93. The van der Waals surface area contributed by atoms with Crippen LogP contribution in [0.15, 0.2) is 30.3 Å². The lowest BCUT2D eigenvalue weighted by molar-refractivity contribution is -0.142. The van der Waals surface area contributed by atoms with Crippen LogP contribution >= 0.6 is 0 Å². The van der Waals surface area contributed by atoms with Crippen molar-refractivity contribution in [3.63, 3.8) is 0 Å². The van der Waals surface area contributed by atoms with E-state index in [-0.39, 0.29) is 12.5 Å². The zero-order valence-electron chi connectivity index (χ0n) is 16.2. The van der Waals surface area contributed by atoms with Gasteiger partial charge in [0.2, 0.25) is 5.91 Å². The van der Waals surface area contributed by atoms with Crippen LogP contribution < -0.4 is 10.6 Å². The summed E-state index contributed by atoms with van der Waals surface area (Å²) in [5.74, 6) is -1.48. The van der Waals surface area contributed by atoms with Crippen LogP contribution in [-0.2, 0) is 20.9 Å². The van der Waals surface area contributed by atoms with Gasteiger partial charge < -0.3 is 20.5 Å². The van der Waals surface area contributed by atoms with Crippen LogP contribution in [0.25, 0.3) is 0 Å². The lowest BCUT2D eigenvalue weighted by atomic mass is 10.0. The number of hydrogen-bond acceptors (Lipinski definition) is 4. The van der Waals surface area contributed by atoms with E-state index in [1.807, 2.05) is 51.1 Å². The minimum Gasteiger partial charge on any atom is -0.480 e. The van der Waals surface area contributed by atoms with Gasteiger partial charge in [0.05, 0.1) is 0 Å². The van der Waals surface area contributed by atoms with Crippen LogP contribution in [0.1, 0.15) is 52.0 Å². The Kier molecular flexibility index (Phi) is 9.93. The van der Waals surface area contributed by atoms with Gasteiger partial charge >= 0.3 is 12.1 Å². The first-order valence-electron chi connectivity index (χ1n) is 9.33. The molecule has 1 aromatic rings. The number of benzene rings is 1. The van der Waals surface area contributed by atoms with E-state index in [0.29, 0.717) is 12.8 Å². The van der Waals surface area contributed by atoms with E-state index < -0.39 is 30.1 Å². The molecule has 150 valence electrons. The van der Waals surface area contributed by atoms with Crippen LogP contribution in [-0.4, -0.2) is 35.2 Å². The highest BCUT2D eigenvalue weighted by molar-refractivity contribution is 5.89. The fraction of sp³-hybridized carbons (Fsp3) is 0.550. The van der Waals surface area contributed by atoms with E-state index in [0.717, 1.165) is 18.4 Å². The fourth-order valence-electron chi connectivity index (χ4n) is 2.55. The third kappa shape index (κ3) is 9.08. The summed E-state index contributed by atoms with van der Waals surface area (Å²) in [4.78, 5) is 35.9. The number of alkyl carbamates (subject to hydrolysis) is 1.